The predicted octanol–water partition coefficient (Wildman–Crippen LogP) is 2.47. The first kappa shape index (κ1) is 18.9. The number of ether oxygens (including phenoxy) is 2. The van der Waals surface area contributed by atoms with E-state index in [0.717, 1.165) is 29.9 Å². The molecule has 0 spiro atoms. The summed E-state index contributed by atoms with van der Waals surface area (Å²) >= 11 is 0. The van der Waals surface area contributed by atoms with Gasteiger partial charge in [0, 0.05) is 18.5 Å². The van der Waals surface area contributed by atoms with E-state index in [9.17, 15) is 4.79 Å². The van der Waals surface area contributed by atoms with Gasteiger partial charge in [0.2, 0.25) is 5.91 Å². The van der Waals surface area contributed by atoms with E-state index in [4.69, 9.17) is 15.2 Å². The highest BCUT2D eigenvalue weighted by molar-refractivity contribution is 5.85. The smallest absolute Gasteiger partial charge is 0.224 e. The Morgan fingerprint density at radius 3 is 2.67 bits per heavy atom. The van der Waals surface area contributed by atoms with Gasteiger partial charge in [-0.25, -0.2) is 0 Å². The van der Waals surface area contributed by atoms with Gasteiger partial charge in [-0.1, -0.05) is 19.9 Å². The van der Waals surface area contributed by atoms with Crippen molar-refractivity contribution in [1.82, 2.24) is 5.32 Å². The van der Waals surface area contributed by atoms with Crippen molar-refractivity contribution in [2.45, 2.75) is 38.6 Å². The molecule has 1 aliphatic carbocycles. The average Bonchev–Trinajstić information content (AvgIpc) is 3.34. The minimum Gasteiger partial charge on any atom is -0.486 e. The molecule has 134 valence electrons. The van der Waals surface area contributed by atoms with Gasteiger partial charge in [0.15, 0.2) is 11.5 Å². The zero-order valence-electron chi connectivity index (χ0n) is 14.3. The summed E-state index contributed by atoms with van der Waals surface area (Å²) in [4.78, 5) is 12.4. The van der Waals surface area contributed by atoms with Crippen molar-refractivity contribution in [2.75, 3.05) is 19.8 Å². The maximum absolute atomic E-state index is 12.4. The van der Waals surface area contributed by atoms with Gasteiger partial charge in [-0.05, 0) is 42.4 Å². The van der Waals surface area contributed by atoms with Crippen LogP contribution in [0.1, 0.15) is 38.2 Å². The Labute approximate surface area is 149 Å². The number of nitrogens with two attached hydrogens (primary N) is 1. The fourth-order valence-electron chi connectivity index (χ4n) is 3.24. The van der Waals surface area contributed by atoms with E-state index in [1.165, 1.54) is 0 Å². The highest BCUT2D eigenvalue weighted by Gasteiger charge is 2.44. The Morgan fingerprint density at radius 2 is 2.00 bits per heavy atom. The molecule has 0 aromatic heterocycles. The van der Waals surface area contributed by atoms with Crippen molar-refractivity contribution >= 4 is 18.3 Å². The number of carbonyl (C=O) groups is 1. The second kappa shape index (κ2) is 8.08. The van der Waals surface area contributed by atoms with E-state index < -0.39 is 0 Å². The molecule has 0 radical (unpaired) electrons. The van der Waals surface area contributed by atoms with E-state index >= 15 is 0 Å². The molecule has 1 aliphatic heterocycles. The summed E-state index contributed by atoms with van der Waals surface area (Å²) in [7, 11) is 0. The molecular weight excluding hydrogens is 328 g/mol. The number of rotatable bonds is 6. The number of hydrogen-bond donors (Lipinski definition) is 2. The van der Waals surface area contributed by atoms with Crippen molar-refractivity contribution in [2.24, 2.45) is 17.6 Å². The van der Waals surface area contributed by atoms with Crippen LogP contribution in [0.3, 0.4) is 0 Å². The normalized spacial score (nSPS) is 22.5. The van der Waals surface area contributed by atoms with Gasteiger partial charge in [0.1, 0.15) is 13.2 Å². The Morgan fingerprint density at radius 1 is 1.29 bits per heavy atom. The Kier molecular flexibility index (Phi) is 6.35. The van der Waals surface area contributed by atoms with Crippen LogP contribution < -0.4 is 20.5 Å². The van der Waals surface area contributed by atoms with Crippen LogP contribution in [0.2, 0.25) is 0 Å². The molecule has 0 bridgehead atoms. The maximum atomic E-state index is 12.4. The summed E-state index contributed by atoms with van der Waals surface area (Å²) in [5.41, 5.74) is 6.92. The number of hydrogen-bond acceptors (Lipinski definition) is 4. The lowest BCUT2D eigenvalue weighted by atomic mass is 10.0. The standard InChI is InChI=1S/C18H26N2O3.ClH/c1-11(2)7-13(10-19)20-18(21)15-9-14(15)12-3-4-16-17(8-12)23-6-5-22-16;/h3-4,8,11,13-15H,5-7,9-10,19H2,1-2H3,(H,20,21);1H. The van der Waals surface area contributed by atoms with Gasteiger partial charge in [0.25, 0.3) is 0 Å². The van der Waals surface area contributed by atoms with Crippen molar-refractivity contribution in [3.05, 3.63) is 23.8 Å². The third-order valence-corrected chi connectivity index (χ3v) is 4.51. The highest BCUT2D eigenvalue weighted by atomic mass is 35.5. The second-order valence-electron chi connectivity index (χ2n) is 6.92. The molecular formula is C18H27ClN2O3. The van der Waals surface area contributed by atoms with Crippen LogP contribution in [0.25, 0.3) is 0 Å². The zero-order chi connectivity index (χ0) is 16.4. The molecule has 6 heteroatoms. The molecule has 3 rings (SSSR count). The van der Waals surface area contributed by atoms with Crippen LogP contribution in [0.5, 0.6) is 11.5 Å². The van der Waals surface area contributed by atoms with Gasteiger partial charge >= 0.3 is 0 Å². The monoisotopic (exact) mass is 354 g/mol. The third-order valence-electron chi connectivity index (χ3n) is 4.51. The summed E-state index contributed by atoms with van der Waals surface area (Å²) in [6.07, 6.45) is 1.81. The topological polar surface area (TPSA) is 73.6 Å². The summed E-state index contributed by atoms with van der Waals surface area (Å²) in [5.74, 6) is 2.57. The van der Waals surface area contributed by atoms with Gasteiger partial charge in [0.05, 0.1) is 0 Å². The van der Waals surface area contributed by atoms with Crippen LogP contribution in [-0.2, 0) is 4.79 Å². The van der Waals surface area contributed by atoms with Crippen LogP contribution >= 0.6 is 12.4 Å². The highest BCUT2D eigenvalue weighted by Crippen LogP contribution is 2.49. The Hall–Kier alpha value is -1.46. The lowest BCUT2D eigenvalue weighted by Gasteiger charge is -2.19. The predicted molar refractivity (Wildman–Crippen MR) is 96.0 cm³/mol. The average molecular weight is 355 g/mol. The molecule has 1 fully saturated rings. The molecule has 3 unspecified atom stereocenters. The van der Waals surface area contributed by atoms with E-state index in [1.54, 1.807) is 0 Å². The van der Waals surface area contributed by atoms with E-state index in [1.807, 2.05) is 18.2 Å². The van der Waals surface area contributed by atoms with E-state index in [2.05, 4.69) is 19.2 Å². The fourth-order valence-corrected chi connectivity index (χ4v) is 3.24. The molecule has 1 heterocycles. The number of fused-ring (bicyclic) bond motifs is 1. The molecule has 24 heavy (non-hydrogen) atoms. The molecule has 1 aromatic carbocycles. The number of halogens is 1. The number of nitrogens with one attached hydrogen (secondary N) is 1. The number of amides is 1. The van der Waals surface area contributed by atoms with Gasteiger partial charge in [-0.2, -0.15) is 0 Å². The minimum atomic E-state index is 0. The molecule has 3 atom stereocenters. The summed E-state index contributed by atoms with van der Waals surface area (Å²) in [6.45, 7) is 5.95. The SMILES string of the molecule is CC(C)CC(CN)NC(=O)C1CC1c1ccc2c(c1)OCCO2.Cl. The largest absolute Gasteiger partial charge is 0.486 e. The quantitative estimate of drug-likeness (QED) is 0.823. The maximum Gasteiger partial charge on any atom is 0.224 e. The molecule has 2 aliphatic rings. The Bertz CT molecular complexity index is 579. The van der Waals surface area contributed by atoms with Crippen molar-refractivity contribution in [1.29, 1.82) is 0 Å². The van der Waals surface area contributed by atoms with Gasteiger partial charge < -0.3 is 20.5 Å². The minimum absolute atomic E-state index is 0. The lowest BCUT2D eigenvalue weighted by Crippen LogP contribution is -2.41. The summed E-state index contributed by atoms with van der Waals surface area (Å²) in [5, 5.41) is 3.10. The second-order valence-corrected chi connectivity index (χ2v) is 6.92. The lowest BCUT2D eigenvalue weighted by molar-refractivity contribution is -0.123. The Balaban J connectivity index is 0.00000208. The first-order valence-electron chi connectivity index (χ1n) is 8.48. The van der Waals surface area contributed by atoms with Crippen LogP contribution in [0, 0.1) is 11.8 Å². The first-order valence-corrected chi connectivity index (χ1v) is 8.48. The van der Waals surface area contributed by atoms with Crippen molar-refractivity contribution in [3.8, 4) is 11.5 Å². The van der Waals surface area contributed by atoms with Crippen LogP contribution in [0.4, 0.5) is 0 Å². The first-order chi connectivity index (χ1) is 11.1. The fraction of sp³-hybridized carbons (Fsp3) is 0.611. The summed E-state index contributed by atoms with van der Waals surface area (Å²) < 4.78 is 11.2. The van der Waals surface area contributed by atoms with E-state index in [-0.39, 0.29) is 36.2 Å². The van der Waals surface area contributed by atoms with E-state index in [0.29, 0.717) is 25.7 Å². The molecule has 1 saturated carbocycles. The van der Waals surface area contributed by atoms with Crippen LogP contribution in [-0.4, -0.2) is 31.7 Å². The molecule has 5 nitrogen and oxygen atoms in total. The molecule has 1 aromatic rings. The third kappa shape index (κ3) is 4.33. The van der Waals surface area contributed by atoms with Crippen LogP contribution in [0.15, 0.2) is 18.2 Å². The summed E-state index contributed by atoms with van der Waals surface area (Å²) in [6, 6.07) is 6.07. The molecule has 0 saturated heterocycles. The number of carbonyl (C=O) groups excluding carboxylic acids is 1. The van der Waals surface area contributed by atoms with Gasteiger partial charge in [-0.15, -0.1) is 12.4 Å². The molecule has 3 N–H and O–H groups in total. The molecule has 1 amide bonds. The van der Waals surface area contributed by atoms with Crippen molar-refractivity contribution < 1.29 is 14.3 Å². The van der Waals surface area contributed by atoms with Crippen molar-refractivity contribution in [3.63, 3.8) is 0 Å². The zero-order valence-corrected chi connectivity index (χ0v) is 15.1. The van der Waals surface area contributed by atoms with Gasteiger partial charge in [-0.3, -0.25) is 4.79 Å². The number of benzene rings is 1.